The van der Waals surface area contributed by atoms with Crippen LogP contribution in [0.3, 0.4) is 0 Å². The Balaban J connectivity index is 1.73. The third kappa shape index (κ3) is 4.94. The normalized spacial score (nSPS) is 12.2. The molecule has 0 aliphatic carbocycles. The van der Waals surface area contributed by atoms with Crippen LogP contribution in [-0.2, 0) is 11.3 Å². The van der Waals surface area contributed by atoms with Crippen molar-refractivity contribution in [2.45, 2.75) is 26.6 Å². The van der Waals surface area contributed by atoms with Gasteiger partial charge in [-0.15, -0.1) is 5.10 Å². The first-order valence-corrected chi connectivity index (χ1v) is 7.37. The van der Waals surface area contributed by atoms with Crippen LogP contribution in [0.25, 0.3) is 0 Å². The fourth-order valence-electron chi connectivity index (χ4n) is 1.74. The minimum atomic E-state index is -0.745. The summed E-state index contributed by atoms with van der Waals surface area (Å²) < 4.78 is 10.8. The molecule has 1 unspecified atom stereocenters. The monoisotopic (exact) mass is 322 g/mol. The summed E-state index contributed by atoms with van der Waals surface area (Å²) in [6.45, 7) is 4.41. The first-order chi connectivity index (χ1) is 10.6. The lowest BCUT2D eigenvalue weighted by Crippen LogP contribution is -2.23. The molecule has 118 valence electrons. The van der Waals surface area contributed by atoms with Gasteiger partial charge in [-0.2, -0.15) is 5.10 Å². The molecule has 0 bridgehead atoms. The van der Waals surface area contributed by atoms with Gasteiger partial charge in [-0.05, 0) is 31.0 Å². The molecule has 1 aromatic heterocycles. The van der Waals surface area contributed by atoms with Crippen LogP contribution in [0.5, 0.6) is 5.88 Å². The lowest BCUT2D eigenvalue weighted by Gasteiger charge is -2.13. The summed E-state index contributed by atoms with van der Waals surface area (Å²) in [7, 11) is 0. The molecule has 0 amide bonds. The Labute approximate surface area is 134 Å². The minimum absolute atomic E-state index is 0.0969. The van der Waals surface area contributed by atoms with Gasteiger partial charge in [-0.1, -0.05) is 29.8 Å². The number of hydrogen-bond acceptors (Lipinski definition) is 5. The molecule has 0 aliphatic heterocycles. The highest BCUT2D eigenvalue weighted by atomic mass is 35.5. The Morgan fingerprint density at radius 1 is 1.18 bits per heavy atom. The van der Waals surface area contributed by atoms with E-state index < -0.39 is 6.10 Å². The SMILES string of the molecule is Cc1cc(OCC(O)COCc2ccccc2Cl)nnc1C. The van der Waals surface area contributed by atoms with Gasteiger partial charge in [0.2, 0.25) is 5.88 Å². The summed E-state index contributed by atoms with van der Waals surface area (Å²) in [5.74, 6) is 0.397. The maximum atomic E-state index is 9.85. The van der Waals surface area contributed by atoms with Crippen molar-refractivity contribution < 1.29 is 14.6 Å². The van der Waals surface area contributed by atoms with E-state index >= 15 is 0 Å². The van der Waals surface area contributed by atoms with Crippen LogP contribution in [-0.4, -0.2) is 34.6 Å². The molecule has 2 rings (SSSR count). The molecule has 5 nitrogen and oxygen atoms in total. The highest BCUT2D eigenvalue weighted by Crippen LogP contribution is 2.16. The summed E-state index contributed by atoms with van der Waals surface area (Å²) >= 11 is 6.03. The Hall–Kier alpha value is -1.69. The molecule has 2 aromatic rings. The number of aromatic nitrogens is 2. The quantitative estimate of drug-likeness (QED) is 0.849. The molecule has 0 radical (unpaired) electrons. The van der Waals surface area contributed by atoms with E-state index in [1.165, 1.54) is 0 Å². The summed E-state index contributed by atoms with van der Waals surface area (Å²) in [6, 6.07) is 9.23. The second-order valence-corrected chi connectivity index (χ2v) is 5.43. The van der Waals surface area contributed by atoms with Gasteiger partial charge in [0.15, 0.2) is 0 Å². The van der Waals surface area contributed by atoms with Gasteiger partial charge >= 0.3 is 0 Å². The maximum absolute atomic E-state index is 9.85. The molecule has 1 heterocycles. The Morgan fingerprint density at radius 2 is 1.95 bits per heavy atom. The van der Waals surface area contributed by atoms with Crippen molar-refractivity contribution >= 4 is 11.6 Å². The Kier molecular flexibility index (Phi) is 6.12. The summed E-state index contributed by atoms with van der Waals surface area (Å²) in [4.78, 5) is 0. The van der Waals surface area contributed by atoms with Crippen molar-refractivity contribution in [1.29, 1.82) is 0 Å². The zero-order chi connectivity index (χ0) is 15.9. The van der Waals surface area contributed by atoms with E-state index in [9.17, 15) is 5.11 Å². The zero-order valence-corrected chi connectivity index (χ0v) is 13.4. The molecule has 0 spiro atoms. The van der Waals surface area contributed by atoms with Crippen LogP contribution in [0.1, 0.15) is 16.8 Å². The molecule has 1 N–H and O–H groups in total. The second-order valence-electron chi connectivity index (χ2n) is 5.02. The fourth-order valence-corrected chi connectivity index (χ4v) is 1.93. The Morgan fingerprint density at radius 3 is 2.68 bits per heavy atom. The van der Waals surface area contributed by atoms with Gasteiger partial charge in [0.1, 0.15) is 12.7 Å². The predicted octanol–water partition coefficient (Wildman–Crippen LogP) is 2.70. The van der Waals surface area contributed by atoms with E-state index in [0.717, 1.165) is 16.8 Å². The number of hydrogen-bond donors (Lipinski definition) is 1. The van der Waals surface area contributed by atoms with Crippen molar-refractivity contribution in [2.24, 2.45) is 0 Å². The van der Waals surface area contributed by atoms with E-state index in [1.54, 1.807) is 12.1 Å². The first-order valence-electron chi connectivity index (χ1n) is 6.99. The number of nitrogens with zero attached hydrogens (tertiary/aromatic N) is 2. The molecule has 22 heavy (non-hydrogen) atoms. The van der Waals surface area contributed by atoms with Crippen LogP contribution >= 0.6 is 11.6 Å². The standard InChI is InChI=1S/C16H19ClN2O3/c1-11-7-16(19-18-12(11)2)22-10-14(20)9-21-8-13-5-3-4-6-15(13)17/h3-7,14,20H,8-10H2,1-2H3. The third-order valence-electron chi connectivity index (χ3n) is 3.16. The van der Waals surface area contributed by atoms with Gasteiger partial charge in [0.25, 0.3) is 0 Å². The van der Waals surface area contributed by atoms with Crippen LogP contribution in [0.4, 0.5) is 0 Å². The number of rotatable bonds is 7. The van der Waals surface area contributed by atoms with E-state index in [2.05, 4.69) is 10.2 Å². The van der Waals surface area contributed by atoms with Gasteiger partial charge in [-0.3, -0.25) is 0 Å². The molecule has 0 saturated carbocycles. The second kappa shape index (κ2) is 8.08. The summed E-state index contributed by atoms with van der Waals surface area (Å²) in [5.41, 5.74) is 2.74. The largest absolute Gasteiger partial charge is 0.474 e. The van der Waals surface area contributed by atoms with Crippen molar-refractivity contribution in [3.05, 3.63) is 52.2 Å². The van der Waals surface area contributed by atoms with Crippen LogP contribution in [0.2, 0.25) is 5.02 Å². The smallest absolute Gasteiger partial charge is 0.233 e. The topological polar surface area (TPSA) is 64.5 Å². The predicted molar refractivity (Wildman–Crippen MR) is 84.1 cm³/mol. The third-order valence-corrected chi connectivity index (χ3v) is 3.53. The molecular weight excluding hydrogens is 304 g/mol. The number of aliphatic hydroxyl groups is 1. The fraction of sp³-hybridized carbons (Fsp3) is 0.375. The maximum Gasteiger partial charge on any atom is 0.233 e. The lowest BCUT2D eigenvalue weighted by molar-refractivity contribution is 0.00451. The van der Waals surface area contributed by atoms with E-state index in [-0.39, 0.29) is 13.2 Å². The van der Waals surface area contributed by atoms with Crippen molar-refractivity contribution in [3.63, 3.8) is 0 Å². The molecule has 1 aromatic carbocycles. The zero-order valence-electron chi connectivity index (χ0n) is 12.6. The molecule has 0 aliphatic rings. The average Bonchev–Trinajstić information content (AvgIpc) is 2.50. The van der Waals surface area contributed by atoms with Gasteiger partial charge in [0, 0.05) is 11.1 Å². The van der Waals surface area contributed by atoms with E-state index in [1.807, 2.05) is 32.0 Å². The molecule has 0 saturated heterocycles. The molecular formula is C16H19ClN2O3. The molecule has 6 heteroatoms. The van der Waals surface area contributed by atoms with Crippen LogP contribution in [0.15, 0.2) is 30.3 Å². The van der Waals surface area contributed by atoms with Crippen molar-refractivity contribution in [1.82, 2.24) is 10.2 Å². The molecule has 0 fully saturated rings. The van der Waals surface area contributed by atoms with E-state index in [4.69, 9.17) is 21.1 Å². The Bertz CT molecular complexity index is 622. The highest BCUT2D eigenvalue weighted by molar-refractivity contribution is 6.31. The van der Waals surface area contributed by atoms with E-state index in [0.29, 0.717) is 17.5 Å². The number of halogens is 1. The number of benzene rings is 1. The minimum Gasteiger partial charge on any atom is -0.474 e. The highest BCUT2D eigenvalue weighted by Gasteiger charge is 2.08. The van der Waals surface area contributed by atoms with Crippen molar-refractivity contribution in [2.75, 3.05) is 13.2 Å². The number of aryl methyl sites for hydroxylation is 2. The number of ether oxygens (including phenoxy) is 2. The summed E-state index contributed by atoms with van der Waals surface area (Å²) in [6.07, 6.45) is -0.745. The van der Waals surface area contributed by atoms with Gasteiger partial charge < -0.3 is 14.6 Å². The average molecular weight is 323 g/mol. The van der Waals surface area contributed by atoms with Crippen LogP contribution in [0, 0.1) is 13.8 Å². The van der Waals surface area contributed by atoms with Gasteiger partial charge in [0.05, 0.1) is 18.9 Å². The lowest BCUT2D eigenvalue weighted by atomic mass is 10.2. The van der Waals surface area contributed by atoms with Crippen molar-refractivity contribution in [3.8, 4) is 5.88 Å². The number of aliphatic hydroxyl groups excluding tert-OH is 1. The molecule has 1 atom stereocenters. The van der Waals surface area contributed by atoms with Crippen LogP contribution < -0.4 is 4.74 Å². The van der Waals surface area contributed by atoms with Gasteiger partial charge in [-0.25, -0.2) is 0 Å². The first kappa shape index (κ1) is 16.7. The summed E-state index contributed by atoms with van der Waals surface area (Å²) in [5, 5.41) is 18.4.